The summed E-state index contributed by atoms with van der Waals surface area (Å²) in [5, 5.41) is 0.688. The smallest absolute Gasteiger partial charge is 0.268 e. The standard InChI is InChI=1S/C23H26FNO3S/c1-15-6-8-18(9-7-15)29(27,28)25-14-20(23(4,5)11-10-17(3)26)19-12-16(2)21(24)13-22(19)25/h6-9,12-14H,10-11H2,1-5H3. The van der Waals surface area contributed by atoms with Crippen LogP contribution in [0, 0.1) is 19.7 Å². The van der Waals surface area contributed by atoms with E-state index in [4.69, 9.17) is 0 Å². The van der Waals surface area contributed by atoms with E-state index in [1.54, 1.807) is 50.4 Å². The van der Waals surface area contributed by atoms with E-state index >= 15 is 0 Å². The first-order valence-electron chi connectivity index (χ1n) is 9.57. The maximum Gasteiger partial charge on any atom is 0.268 e. The van der Waals surface area contributed by atoms with Crippen LogP contribution in [-0.2, 0) is 20.2 Å². The number of Topliss-reactive ketones (excluding diaryl/α,β-unsaturated/α-hetero) is 1. The van der Waals surface area contributed by atoms with Crippen molar-refractivity contribution < 1.29 is 17.6 Å². The molecule has 0 fully saturated rings. The largest absolute Gasteiger partial charge is 0.300 e. The molecule has 0 N–H and O–H groups in total. The summed E-state index contributed by atoms with van der Waals surface area (Å²) in [6.07, 6.45) is 2.55. The molecule has 0 unspecified atom stereocenters. The van der Waals surface area contributed by atoms with Crippen molar-refractivity contribution in [2.45, 2.75) is 57.8 Å². The minimum atomic E-state index is -3.90. The van der Waals surface area contributed by atoms with Crippen LogP contribution in [-0.4, -0.2) is 18.2 Å². The van der Waals surface area contributed by atoms with Crippen molar-refractivity contribution in [3.05, 3.63) is 65.1 Å². The summed E-state index contributed by atoms with van der Waals surface area (Å²) in [6, 6.07) is 9.56. The number of rotatable bonds is 6. The highest BCUT2D eigenvalue weighted by molar-refractivity contribution is 7.90. The lowest BCUT2D eigenvalue weighted by molar-refractivity contribution is -0.117. The van der Waals surface area contributed by atoms with Crippen LogP contribution in [0.2, 0.25) is 0 Å². The van der Waals surface area contributed by atoms with Crippen molar-refractivity contribution in [3.8, 4) is 0 Å². The number of ketones is 1. The first kappa shape index (κ1) is 21.2. The molecule has 0 bridgehead atoms. The molecule has 3 rings (SSSR count). The van der Waals surface area contributed by atoms with Gasteiger partial charge in [-0.3, -0.25) is 0 Å². The van der Waals surface area contributed by atoms with Gasteiger partial charge in [-0.05, 0) is 68.0 Å². The Morgan fingerprint density at radius 3 is 2.31 bits per heavy atom. The van der Waals surface area contributed by atoms with Gasteiger partial charge in [-0.25, -0.2) is 16.8 Å². The fraction of sp³-hybridized carbons (Fsp3) is 0.348. The Balaban J connectivity index is 2.27. The number of fused-ring (bicyclic) bond motifs is 1. The third kappa shape index (κ3) is 3.99. The minimum Gasteiger partial charge on any atom is -0.300 e. The summed E-state index contributed by atoms with van der Waals surface area (Å²) < 4.78 is 42.2. The van der Waals surface area contributed by atoms with Gasteiger partial charge in [0.05, 0.1) is 10.4 Å². The van der Waals surface area contributed by atoms with Gasteiger partial charge in [0, 0.05) is 18.0 Å². The van der Waals surface area contributed by atoms with Crippen molar-refractivity contribution in [2.75, 3.05) is 0 Å². The van der Waals surface area contributed by atoms with Gasteiger partial charge in [0.1, 0.15) is 11.6 Å². The summed E-state index contributed by atoms with van der Waals surface area (Å²) in [5.74, 6) is -0.375. The topological polar surface area (TPSA) is 56.1 Å². The van der Waals surface area contributed by atoms with Gasteiger partial charge >= 0.3 is 0 Å². The molecule has 0 aliphatic rings. The van der Waals surface area contributed by atoms with Gasteiger partial charge in [-0.2, -0.15) is 0 Å². The number of aryl methyl sites for hydroxylation is 2. The third-order valence-corrected chi connectivity index (χ3v) is 7.15. The van der Waals surface area contributed by atoms with Gasteiger partial charge in [0.25, 0.3) is 10.0 Å². The predicted octanol–water partition coefficient (Wildman–Crippen LogP) is 5.28. The zero-order valence-corrected chi connectivity index (χ0v) is 18.2. The third-order valence-electron chi connectivity index (χ3n) is 5.46. The Morgan fingerprint density at radius 1 is 1.10 bits per heavy atom. The Labute approximate surface area is 171 Å². The molecule has 29 heavy (non-hydrogen) atoms. The number of carbonyl (C=O) groups excluding carboxylic acids is 1. The molecule has 0 amide bonds. The number of benzene rings is 2. The van der Waals surface area contributed by atoms with Crippen molar-refractivity contribution in [3.63, 3.8) is 0 Å². The number of aromatic nitrogens is 1. The number of hydrogen-bond acceptors (Lipinski definition) is 3. The molecule has 1 heterocycles. The number of carbonyl (C=O) groups is 1. The summed E-state index contributed by atoms with van der Waals surface area (Å²) in [5.41, 5.74) is 2.04. The molecule has 6 heteroatoms. The lowest BCUT2D eigenvalue weighted by atomic mass is 9.80. The van der Waals surface area contributed by atoms with Crippen molar-refractivity contribution in [2.24, 2.45) is 0 Å². The summed E-state index contributed by atoms with van der Waals surface area (Å²) in [6.45, 7) is 9.04. The summed E-state index contributed by atoms with van der Waals surface area (Å²) >= 11 is 0. The van der Waals surface area contributed by atoms with E-state index in [0.29, 0.717) is 29.3 Å². The lowest BCUT2D eigenvalue weighted by Crippen LogP contribution is -2.18. The molecule has 0 atom stereocenters. The quantitative estimate of drug-likeness (QED) is 0.550. The van der Waals surface area contributed by atoms with E-state index < -0.39 is 21.3 Å². The average Bonchev–Trinajstić information content (AvgIpc) is 3.01. The van der Waals surface area contributed by atoms with E-state index in [1.165, 1.54) is 10.0 Å². The minimum absolute atomic E-state index is 0.0799. The predicted molar refractivity (Wildman–Crippen MR) is 113 cm³/mol. The molecule has 154 valence electrons. The maximum atomic E-state index is 14.4. The molecule has 3 aromatic rings. The molecule has 2 aromatic carbocycles. The van der Waals surface area contributed by atoms with Crippen LogP contribution in [0.3, 0.4) is 0 Å². The van der Waals surface area contributed by atoms with Crippen LogP contribution < -0.4 is 0 Å². The fourth-order valence-electron chi connectivity index (χ4n) is 3.51. The molecule has 0 saturated heterocycles. The highest BCUT2D eigenvalue weighted by Crippen LogP contribution is 2.38. The monoisotopic (exact) mass is 415 g/mol. The van der Waals surface area contributed by atoms with E-state index in [1.807, 2.05) is 20.8 Å². The fourth-order valence-corrected chi connectivity index (χ4v) is 4.87. The van der Waals surface area contributed by atoms with Crippen LogP contribution in [0.25, 0.3) is 10.9 Å². The summed E-state index contributed by atoms with van der Waals surface area (Å²) in [7, 11) is -3.90. The van der Waals surface area contributed by atoms with Crippen LogP contribution in [0.5, 0.6) is 0 Å². The Morgan fingerprint density at radius 2 is 1.72 bits per heavy atom. The van der Waals surface area contributed by atoms with E-state index in [9.17, 15) is 17.6 Å². The van der Waals surface area contributed by atoms with Gasteiger partial charge in [-0.15, -0.1) is 0 Å². The lowest BCUT2D eigenvalue weighted by Gasteiger charge is -2.24. The highest BCUT2D eigenvalue weighted by Gasteiger charge is 2.29. The van der Waals surface area contributed by atoms with Gasteiger partial charge in [-0.1, -0.05) is 31.5 Å². The zero-order chi connectivity index (χ0) is 21.6. The first-order chi connectivity index (χ1) is 13.4. The molecule has 0 aliphatic heterocycles. The molecular weight excluding hydrogens is 389 g/mol. The van der Waals surface area contributed by atoms with Crippen LogP contribution in [0.4, 0.5) is 4.39 Å². The van der Waals surface area contributed by atoms with Crippen molar-refractivity contribution in [1.82, 2.24) is 3.97 Å². The average molecular weight is 416 g/mol. The van der Waals surface area contributed by atoms with Gasteiger partial charge < -0.3 is 4.79 Å². The second-order valence-electron chi connectivity index (χ2n) is 8.36. The van der Waals surface area contributed by atoms with E-state index in [-0.39, 0.29) is 10.7 Å². The molecule has 0 saturated carbocycles. The van der Waals surface area contributed by atoms with Crippen LogP contribution >= 0.6 is 0 Å². The Kier molecular flexibility index (Phi) is 5.43. The maximum absolute atomic E-state index is 14.4. The van der Waals surface area contributed by atoms with Crippen LogP contribution in [0.15, 0.2) is 47.5 Å². The molecule has 1 aromatic heterocycles. The van der Waals surface area contributed by atoms with E-state index in [0.717, 1.165) is 11.1 Å². The molecule has 0 radical (unpaired) electrons. The Bertz CT molecular complexity index is 1190. The molecule has 0 aliphatic carbocycles. The van der Waals surface area contributed by atoms with Gasteiger partial charge in [0.2, 0.25) is 0 Å². The molecule has 0 spiro atoms. The number of nitrogens with zero attached hydrogens (tertiary/aromatic N) is 1. The zero-order valence-electron chi connectivity index (χ0n) is 17.4. The second-order valence-corrected chi connectivity index (χ2v) is 10.2. The second kappa shape index (κ2) is 7.41. The first-order valence-corrected chi connectivity index (χ1v) is 11.0. The summed E-state index contributed by atoms with van der Waals surface area (Å²) in [4.78, 5) is 11.7. The molecular formula is C23H26FNO3S. The SMILES string of the molecule is CC(=O)CCC(C)(C)c1cn(S(=O)(=O)c2ccc(C)cc2)c2cc(F)c(C)cc12. The van der Waals surface area contributed by atoms with E-state index in [2.05, 4.69) is 0 Å². The normalized spacial score (nSPS) is 12.5. The number of halogens is 1. The van der Waals surface area contributed by atoms with Crippen molar-refractivity contribution in [1.29, 1.82) is 0 Å². The van der Waals surface area contributed by atoms with Gasteiger partial charge in [0.15, 0.2) is 0 Å². The van der Waals surface area contributed by atoms with Crippen molar-refractivity contribution >= 4 is 26.7 Å². The highest BCUT2D eigenvalue weighted by atomic mass is 32.2. The molecule has 4 nitrogen and oxygen atoms in total. The number of hydrogen-bond donors (Lipinski definition) is 0. The van der Waals surface area contributed by atoms with Crippen LogP contribution in [0.1, 0.15) is 50.3 Å². The Hall–Kier alpha value is -2.47.